The largest absolute Gasteiger partial charge is 0.419 e. The van der Waals surface area contributed by atoms with Crippen molar-refractivity contribution in [1.29, 1.82) is 0 Å². The molecule has 1 saturated heterocycles. The Bertz CT molecular complexity index is 561. The first-order chi connectivity index (χ1) is 9.72. The van der Waals surface area contributed by atoms with Crippen molar-refractivity contribution in [2.75, 3.05) is 6.54 Å². The van der Waals surface area contributed by atoms with E-state index in [1.807, 2.05) is 12.1 Å². The van der Waals surface area contributed by atoms with Crippen molar-refractivity contribution < 1.29 is 4.42 Å². The maximum atomic E-state index is 5.80. The number of piperidine rings is 1. The van der Waals surface area contributed by atoms with Gasteiger partial charge >= 0.3 is 0 Å². The van der Waals surface area contributed by atoms with Crippen LogP contribution in [0.25, 0.3) is 11.5 Å². The van der Waals surface area contributed by atoms with Gasteiger partial charge in [0, 0.05) is 11.6 Å². The van der Waals surface area contributed by atoms with E-state index >= 15 is 0 Å². The number of benzene rings is 1. The maximum absolute atomic E-state index is 5.80. The molecule has 1 aliphatic rings. The smallest absolute Gasteiger partial charge is 0.247 e. The lowest BCUT2D eigenvalue weighted by molar-refractivity contribution is 0.139. The molecule has 106 valence electrons. The summed E-state index contributed by atoms with van der Waals surface area (Å²) in [7, 11) is 0. The molecule has 1 atom stereocenters. The molecule has 4 heteroatoms. The van der Waals surface area contributed by atoms with Crippen molar-refractivity contribution in [1.82, 2.24) is 15.1 Å². The van der Waals surface area contributed by atoms with Gasteiger partial charge in [-0.2, -0.15) is 0 Å². The van der Waals surface area contributed by atoms with Gasteiger partial charge in [-0.1, -0.05) is 24.1 Å². The molecule has 20 heavy (non-hydrogen) atoms. The Hall–Kier alpha value is -1.68. The Balaban J connectivity index is 1.71. The Morgan fingerprint density at radius 3 is 2.75 bits per heavy atom. The molecule has 0 unspecified atom stereocenters. The molecule has 3 rings (SSSR count). The van der Waals surface area contributed by atoms with Gasteiger partial charge < -0.3 is 4.42 Å². The summed E-state index contributed by atoms with van der Waals surface area (Å²) in [6.45, 7) is 6.24. The zero-order valence-electron chi connectivity index (χ0n) is 12.2. The highest BCUT2D eigenvalue weighted by atomic mass is 16.4. The van der Waals surface area contributed by atoms with E-state index in [0.29, 0.717) is 17.8 Å². The SMILES string of the molecule is Cc1ccc(-c2nnc(CN3CCCC[C@H]3C)o2)cc1. The molecular formula is C16H21N3O. The van der Waals surface area contributed by atoms with Gasteiger partial charge in [-0.15, -0.1) is 10.2 Å². The van der Waals surface area contributed by atoms with E-state index in [1.54, 1.807) is 0 Å². The summed E-state index contributed by atoms with van der Waals surface area (Å²) >= 11 is 0. The molecule has 0 saturated carbocycles. The second kappa shape index (κ2) is 5.75. The molecule has 2 aromatic rings. The van der Waals surface area contributed by atoms with Crippen molar-refractivity contribution in [3.8, 4) is 11.5 Å². The first-order valence-corrected chi connectivity index (χ1v) is 7.36. The number of rotatable bonds is 3. The number of aryl methyl sites for hydroxylation is 1. The highest BCUT2D eigenvalue weighted by Gasteiger charge is 2.20. The fourth-order valence-corrected chi connectivity index (χ4v) is 2.70. The molecule has 0 N–H and O–H groups in total. The summed E-state index contributed by atoms with van der Waals surface area (Å²) in [6.07, 6.45) is 3.86. The normalized spacial score (nSPS) is 20.2. The van der Waals surface area contributed by atoms with Crippen LogP contribution in [0.2, 0.25) is 0 Å². The van der Waals surface area contributed by atoms with Crippen LogP contribution in [-0.4, -0.2) is 27.7 Å². The summed E-state index contributed by atoms with van der Waals surface area (Å²) in [6, 6.07) is 8.78. The summed E-state index contributed by atoms with van der Waals surface area (Å²) in [5, 5.41) is 8.35. The quantitative estimate of drug-likeness (QED) is 0.858. The van der Waals surface area contributed by atoms with E-state index < -0.39 is 0 Å². The van der Waals surface area contributed by atoms with Crippen molar-refractivity contribution in [2.24, 2.45) is 0 Å². The molecule has 1 aliphatic heterocycles. The van der Waals surface area contributed by atoms with Gasteiger partial charge in [0.1, 0.15) is 0 Å². The van der Waals surface area contributed by atoms with Crippen molar-refractivity contribution >= 4 is 0 Å². The Morgan fingerprint density at radius 1 is 1.20 bits per heavy atom. The number of nitrogens with zero attached hydrogens (tertiary/aromatic N) is 3. The number of hydrogen-bond donors (Lipinski definition) is 0. The minimum Gasteiger partial charge on any atom is -0.419 e. The number of aromatic nitrogens is 2. The topological polar surface area (TPSA) is 42.2 Å². The third-order valence-electron chi connectivity index (χ3n) is 4.04. The van der Waals surface area contributed by atoms with Crippen molar-refractivity contribution in [3.63, 3.8) is 0 Å². The predicted molar refractivity (Wildman–Crippen MR) is 78.2 cm³/mol. The van der Waals surface area contributed by atoms with Gasteiger partial charge in [-0.05, 0) is 45.4 Å². The maximum Gasteiger partial charge on any atom is 0.247 e. The van der Waals surface area contributed by atoms with Crippen LogP contribution < -0.4 is 0 Å². The Morgan fingerprint density at radius 2 is 2.00 bits per heavy atom. The van der Waals surface area contributed by atoms with Gasteiger partial charge in [-0.3, -0.25) is 4.90 Å². The second-order valence-corrected chi connectivity index (χ2v) is 5.68. The van der Waals surface area contributed by atoms with Crippen LogP contribution in [0.1, 0.15) is 37.6 Å². The van der Waals surface area contributed by atoms with Gasteiger partial charge in [0.05, 0.1) is 6.54 Å². The highest BCUT2D eigenvalue weighted by Crippen LogP contribution is 2.21. The molecule has 1 aromatic heterocycles. The molecule has 0 spiro atoms. The van der Waals surface area contributed by atoms with Crippen LogP contribution >= 0.6 is 0 Å². The van der Waals surface area contributed by atoms with Gasteiger partial charge in [0.25, 0.3) is 0 Å². The molecule has 0 aliphatic carbocycles. The van der Waals surface area contributed by atoms with Crippen LogP contribution in [0.4, 0.5) is 0 Å². The molecule has 4 nitrogen and oxygen atoms in total. The average Bonchev–Trinajstić information content (AvgIpc) is 2.91. The third kappa shape index (κ3) is 2.90. The molecule has 2 heterocycles. The van der Waals surface area contributed by atoms with E-state index in [1.165, 1.54) is 24.8 Å². The minimum atomic E-state index is 0.610. The summed E-state index contributed by atoms with van der Waals surface area (Å²) in [5.74, 6) is 1.33. The van der Waals surface area contributed by atoms with E-state index in [2.05, 4.69) is 41.1 Å². The summed E-state index contributed by atoms with van der Waals surface area (Å²) in [5.41, 5.74) is 2.22. The van der Waals surface area contributed by atoms with E-state index in [9.17, 15) is 0 Å². The minimum absolute atomic E-state index is 0.610. The first kappa shape index (κ1) is 13.3. The van der Waals surface area contributed by atoms with Crippen LogP contribution in [-0.2, 0) is 6.54 Å². The lowest BCUT2D eigenvalue weighted by Gasteiger charge is -2.31. The highest BCUT2D eigenvalue weighted by molar-refractivity contribution is 5.52. The monoisotopic (exact) mass is 271 g/mol. The van der Waals surface area contributed by atoms with E-state index in [0.717, 1.165) is 18.7 Å². The fraction of sp³-hybridized carbons (Fsp3) is 0.500. The molecule has 0 radical (unpaired) electrons. The van der Waals surface area contributed by atoms with Crippen molar-refractivity contribution in [3.05, 3.63) is 35.7 Å². The molecule has 0 bridgehead atoms. The number of likely N-dealkylation sites (tertiary alicyclic amines) is 1. The second-order valence-electron chi connectivity index (χ2n) is 5.68. The van der Waals surface area contributed by atoms with Crippen LogP contribution in [0, 0.1) is 6.92 Å². The summed E-state index contributed by atoms with van der Waals surface area (Å²) in [4.78, 5) is 2.43. The van der Waals surface area contributed by atoms with Crippen LogP contribution in [0.3, 0.4) is 0 Å². The van der Waals surface area contributed by atoms with Gasteiger partial charge in [-0.25, -0.2) is 0 Å². The van der Waals surface area contributed by atoms with E-state index in [4.69, 9.17) is 4.42 Å². The van der Waals surface area contributed by atoms with Gasteiger partial charge in [0.15, 0.2) is 0 Å². The standard InChI is InChI=1S/C16H21N3O/c1-12-6-8-14(9-7-12)16-18-17-15(20-16)11-19-10-4-3-5-13(19)2/h6-9,13H,3-5,10-11H2,1-2H3/t13-/m1/s1. The summed E-state index contributed by atoms with van der Waals surface area (Å²) < 4.78 is 5.80. The Kier molecular flexibility index (Phi) is 3.83. The fourth-order valence-electron chi connectivity index (χ4n) is 2.70. The van der Waals surface area contributed by atoms with E-state index in [-0.39, 0.29) is 0 Å². The molecular weight excluding hydrogens is 250 g/mol. The predicted octanol–water partition coefficient (Wildman–Crippen LogP) is 3.42. The Labute approximate surface area is 119 Å². The zero-order chi connectivity index (χ0) is 13.9. The molecule has 1 aromatic carbocycles. The number of hydrogen-bond acceptors (Lipinski definition) is 4. The van der Waals surface area contributed by atoms with Crippen LogP contribution in [0.5, 0.6) is 0 Å². The lowest BCUT2D eigenvalue weighted by Crippen LogP contribution is -2.36. The molecule has 0 amide bonds. The van der Waals surface area contributed by atoms with Crippen LogP contribution in [0.15, 0.2) is 28.7 Å². The first-order valence-electron chi connectivity index (χ1n) is 7.36. The van der Waals surface area contributed by atoms with Crippen molar-refractivity contribution in [2.45, 2.75) is 45.7 Å². The molecule has 1 fully saturated rings. The third-order valence-corrected chi connectivity index (χ3v) is 4.04. The zero-order valence-corrected chi connectivity index (χ0v) is 12.2. The average molecular weight is 271 g/mol. The lowest BCUT2D eigenvalue weighted by atomic mass is 10.0. The van der Waals surface area contributed by atoms with Gasteiger partial charge in [0.2, 0.25) is 11.8 Å².